The largest absolute Gasteiger partial charge is 0.439 e. The number of carbonyl (C=O) groups excluding carboxylic acids is 1. The molecule has 1 aliphatic rings. The van der Waals surface area contributed by atoms with Crippen molar-refractivity contribution < 1.29 is 14.7 Å². The molecule has 0 bridgehead atoms. The summed E-state index contributed by atoms with van der Waals surface area (Å²) in [4.78, 5) is 20.9. The average Bonchev–Trinajstić information content (AvgIpc) is 2.73. The van der Waals surface area contributed by atoms with Crippen molar-refractivity contribution in [2.24, 2.45) is 5.92 Å². The maximum absolute atomic E-state index is 11.7. The molecule has 6 nitrogen and oxygen atoms in total. The number of para-hydroxylation sites is 1. The molecule has 0 saturated heterocycles. The lowest BCUT2D eigenvalue weighted by Gasteiger charge is -2.24. The minimum absolute atomic E-state index is 0.390. The van der Waals surface area contributed by atoms with Crippen molar-refractivity contribution >= 4 is 5.91 Å². The lowest BCUT2D eigenvalue weighted by atomic mass is 9.81. The van der Waals surface area contributed by atoms with Crippen LogP contribution in [0.15, 0.2) is 54.6 Å². The molecule has 1 aromatic heterocycles. The van der Waals surface area contributed by atoms with Gasteiger partial charge in [-0.3, -0.25) is 10.0 Å². The van der Waals surface area contributed by atoms with Crippen molar-refractivity contribution in [3.05, 3.63) is 82.8 Å². The summed E-state index contributed by atoms with van der Waals surface area (Å²) in [6.45, 7) is 1.94. The van der Waals surface area contributed by atoms with Crippen molar-refractivity contribution in [3.63, 3.8) is 0 Å². The Hall–Kier alpha value is -3.25. The Morgan fingerprint density at radius 3 is 2.76 bits per heavy atom. The number of nitrogens with one attached hydrogen (secondary N) is 1. The minimum atomic E-state index is -0.486. The second-order valence-electron chi connectivity index (χ2n) is 7.42. The van der Waals surface area contributed by atoms with Crippen molar-refractivity contribution in [1.29, 1.82) is 0 Å². The predicted molar refractivity (Wildman–Crippen MR) is 108 cm³/mol. The molecule has 0 spiro atoms. The van der Waals surface area contributed by atoms with Gasteiger partial charge < -0.3 is 4.74 Å². The van der Waals surface area contributed by atoms with Crippen LogP contribution >= 0.6 is 0 Å². The van der Waals surface area contributed by atoms with Gasteiger partial charge in [0.05, 0.1) is 0 Å². The first-order valence-electron chi connectivity index (χ1n) is 9.74. The molecule has 1 heterocycles. The quantitative estimate of drug-likeness (QED) is 0.508. The lowest BCUT2D eigenvalue weighted by molar-refractivity contribution is 0.0706. The predicted octanol–water partition coefficient (Wildman–Crippen LogP) is 4.04. The number of benzene rings is 2. The second-order valence-corrected chi connectivity index (χ2v) is 7.42. The zero-order valence-electron chi connectivity index (χ0n) is 16.3. The molecule has 148 valence electrons. The van der Waals surface area contributed by atoms with Crippen molar-refractivity contribution in [1.82, 2.24) is 15.4 Å². The number of ether oxygens (including phenoxy) is 1. The first-order valence-corrected chi connectivity index (χ1v) is 9.74. The highest BCUT2D eigenvalue weighted by Gasteiger charge is 2.21. The van der Waals surface area contributed by atoms with E-state index in [4.69, 9.17) is 9.94 Å². The number of carbonyl (C=O) groups is 1. The van der Waals surface area contributed by atoms with Gasteiger partial charge in [0.25, 0.3) is 5.91 Å². The Morgan fingerprint density at radius 1 is 1.14 bits per heavy atom. The number of aryl methyl sites for hydroxylation is 2. The van der Waals surface area contributed by atoms with Crippen LogP contribution in [-0.2, 0) is 19.3 Å². The van der Waals surface area contributed by atoms with Crippen LogP contribution < -0.4 is 10.2 Å². The number of hydrogen-bond donors (Lipinski definition) is 2. The number of amides is 1. The standard InChI is InChI=1S/C23H23N3O3/c1-15-11-22(29-20-5-3-2-4-6-20)25-21(24-15)13-16-7-8-17-9-10-18(23(27)26-28)14-19(17)12-16/h2-6,9-11,14,16,28H,7-8,12-13H2,1H3,(H,26,27). The van der Waals surface area contributed by atoms with Crippen LogP contribution in [0.25, 0.3) is 0 Å². The fourth-order valence-corrected chi connectivity index (χ4v) is 3.82. The van der Waals surface area contributed by atoms with Gasteiger partial charge in [-0.2, -0.15) is 4.98 Å². The van der Waals surface area contributed by atoms with E-state index in [1.54, 1.807) is 11.5 Å². The summed E-state index contributed by atoms with van der Waals surface area (Å²) in [7, 11) is 0. The Labute approximate surface area is 169 Å². The Bertz CT molecular complexity index is 1020. The molecule has 1 atom stereocenters. The number of nitrogens with zero attached hydrogens (tertiary/aromatic N) is 2. The summed E-state index contributed by atoms with van der Waals surface area (Å²) in [6.07, 6.45) is 3.61. The molecule has 3 aromatic rings. The van der Waals surface area contributed by atoms with E-state index in [0.29, 0.717) is 17.4 Å². The smallest absolute Gasteiger partial charge is 0.274 e. The maximum Gasteiger partial charge on any atom is 0.274 e. The normalized spacial score (nSPS) is 15.4. The molecular formula is C23H23N3O3. The van der Waals surface area contributed by atoms with Crippen molar-refractivity contribution in [2.75, 3.05) is 0 Å². The molecule has 0 fully saturated rings. The summed E-state index contributed by atoms with van der Waals surface area (Å²) >= 11 is 0. The third-order valence-corrected chi connectivity index (χ3v) is 5.21. The third-order valence-electron chi connectivity index (χ3n) is 5.21. The van der Waals surface area contributed by atoms with Gasteiger partial charge in [-0.1, -0.05) is 24.3 Å². The van der Waals surface area contributed by atoms with Crippen LogP contribution in [0.4, 0.5) is 0 Å². The van der Waals surface area contributed by atoms with Gasteiger partial charge in [0.15, 0.2) is 0 Å². The Balaban J connectivity index is 1.49. The van der Waals surface area contributed by atoms with Gasteiger partial charge in [0.2, 0.25) is 5.88 Å². The number of rotatable bonds is 5. The highest BCUT2D eigenvalue weighted by molar-refractivity contribution is 5.93. The number of hydroxylamine groups is 1. The summed E-state index contributed by atoms with van der Waals surface area (Å²) in [5.41, 5.74) is 5.45. The molecule has 2 aromatic carbocycles. The second kappa shape index (κ2) is 8.41. The molecular weight excluding hydrogens is 366 g/mol. The topological polar surface area (TPSA) is 84.3 Å². The molecule has 0 aliphatic heterocycles. The van der Waals surface area contributed by atoms with Crippen LogP contribution in [0.5, 0.6) is 11.6 Å². The molecule has 0 radical (unpaired) electrons. The monoisotopic (exact) mass is 389 g/mol. The van der Waals surface area contributed by atoms with Gasteiger partial charge in [0, 0.05) is 23.7 Å². The van der Waals surface area contributed by atoms with E-state index in [1.165, 1.54) is 5.56 Å². The SMILES string of the molecule is Cc1cc(Oc2ccccc2)nc(CC2CCc3ccc(C(=O)NO)cc3C2)n1. The molecule has 29 heavy (non-hydrogen) atoms. The van der Waals surface area contributed by atoms with E-state index < -0.39 is 5.91 Å². The lowest BCUT2D eigenvalue weighted by Crippen LogP contribution is -2.21. The van der Waals surface area contributed by atoms with Crippen molar-refractivity contribution in [2.45, 2.75) is 32.6 Å². The van der Waals surface area contributed by atoms with E-state index >= 15 is 0 Å². The number of aromatic nitrogens is 2. The molecule has 6 heteroatoms. The minimum Gasteiger partial charge on any atom is -0.439 e. The van der Waals surface area contributed by atoms with E-state index in [-0.39, 0.29) is 0 Å². The van der Waals surface area contributed by atoms with Gasteiger partial charge in [-0.15, -0.1) is 0 Å². The third kappa shape index (κ3) is 4.60. The van der Waals surface area contributed by atoms with Crippen LogP contribution in [0, 0.1) is 12.8 Å². The van der Waals surface area contributed by atoms with Gasteiger partial charge in [0.1, 0.15) is 11.6 Å². The van der Waals surface area contributed by atoms with Crippen molar-refractivity contribution in [3.8, 4) is 11.6 Å². The molecule has 0 saturated carbocycles. The fraction of sp³-hybridized carbons (Fsp3) is 0.261. The first kappa shape index (κ1) is 19.1. The molecule has 2 N–H and O–H groups in total. The van der Waals surface area contributed by atoms with Crippen LogP contribution in [0.3, 0.4) is 0 Å². The molecule has 4 rings (SSSR count). The average molecular weight is 389 g/mol. The summed E-state index contributed by atoms with van der Waals surface area (Å²) < 4.78 is 5.88. The van der Waals surface area contributed by atoms with Gasteiger partial charge in [-0.25, -0.2) is 10.5 Å². The first-order chi connectivity index (χ1) is 14.1. The number of hydrogen-bond acceptors (Lipinski definition) is 5. The highest BCUT2D eigenvalue weighted by atomic mass is 16.5. The van der Waals surface area contributed by atoms with Crippen LogP contribution in [-0.4, -0.2) is 21.1 Å². The van der Waals surface area contributed by atoms with E-state index in [9.17, 15) is 4.79 Å². The maximum atomic E-state index is 11.7. The van der Waals surface area contributed by atoms with E-state index in [1.807, 2.05) is 55.5 Å². The van der Waals surface area contributed by atoms with E-state index in [0.717, 1.165) is 48.5 Å². The zero-order chi connectivity index (χ0) is 20.2. The fourth-order valence-electron chi connectivity index (χ4n) is 3.82. The van der Waals surface area contributed by atoms with E-state index in [2.05, 4.69) is 9.97 Å². The Morgan fingerprint density at radius 2 is 1.97 bits per heavy atom. The molecule has 1 unspecified atom stereocenters. The van der Waals surface area contributed by atoms with Crippen LogP contribution in [0.1, 0.15) is 39.4 Å². The van der Waals surface area contributed by atoms with Gasteiger partial charge >= 0.3 is 0 Å². The summed E-state index contributed by atoms with van der Waals surface area (Å²) in [5.74, 6) is 1.98. The number of fused-ring (bicyclic) bond motifs is 1. The van der Waals surface area contributed by atoms with Crippen LogP contribution in [0.2, 0.25) is 0 Å². The zero-order valence-corrected chi connectivity index (χ0v) is 16.3. The van der Waals surface area contributed by atoms with Gasteiger partial charge in [-0.05, 0) is 67.5 Å². The summed E-state index contributed by atoms with van der Waals surface area (Å²) in [5, 5.41) is 8.87. The Kier molecular flexibility index (Phi) is 5.53. The summed E-state index contributed by atoms with van der Waals surface area (Å²) in [6, 6.07) is 17.0. The molecule has 1 amide bonds. The highest BCUT2D eigenvalue weighted by Crippen LogP contribution is 2.29. The molecule has 1 aliphatic carbocycles.